The number of halogens is 1. The lowest BCUT2D eigenvalue weighted by Gasteiger charge is -2.24. The number of carbonyl (C=O) groups is 2. The highest BCUT2D eigenvalue weighted by atomic mass is 19.1. The van der Waals surface area contributed by atoms with Gasteiger partial charge in [-0.3, -0.25) is 19.2 Å². The normalized spacial score (nSPS) is 18.2. The Hall–Kier alpha value is -5.56. The summed E-state index contributed by atoms with van der Waals surface area (Å²) < 4.78 is 29.9. The Labute approximate surface area is 302 Å². The number of hydrogen-bond donors (Lipinski definition) is 2. The van der Waals surface area contributed by atoms with Crippen LogP contribution in [0.2, 0.25) is 0 Å². The number of likely N-dealkylation sites (tertiary alicyclic amines) is 1. The van der Waals surface area contributed by atoms with Gasteiger partial charge in [-0.2, -0.15) is 0 Å². The van der Waals surface area contributed by atoms with E-state index in [0.29, 0.717) is 37.5 Å². The number of anilines is 1. The number of amides is 2. The third-order valence-electron chi connectivity index (χ3n) is 10.6. The van der Waals surface area contributed by atoms with Crippen molar-refractivity contribution in [2.75, 3.05) is 38.1 Å². The first-order valence-corrected chi connectivity index (χ1v) is 18.0. The summed E-state index contributed by atoms with van der Waals surface area (Å²) in [6.07, 6.45) is 4.13. The average molecular weight is 722 g/mol. The van der Waals surface area contributed by atoms with Crippen LogP contribution in [0.4, 0.5) is 14.9 Å². The Kier molecular flexibility index (Phi) is 8.36. The maximum absolute atomic E-state index is 16.5. The van der Waals surface area contributed by atoms with Gasteiger partial charge in [0.2, 0.25) is 5.43 Å². The zero-order chi connectivity index (χ0) is 37.3. The minimum Gasteiger partial charge on any atom is -0.451 e. The largest absolute Gasteiger partial charge is 0.451 e. The van der Waals surface area contributed by atoms with Crippen LogP contribution in [0.1, 0.15) is 56.8 Å². The van der Waals surface area contributed by atoms with Crippen LogP contribution in [-0.4, -0.2) is 72.2 Å². The van der Waals surface area contributed by atoms with Crippen molar-refractivity contribution >= 4 is 66.8 Å². The number of nitrogens with one attached hydrogen (secondary N) is 2. The fourth-order valence-electron chi connectivity index (χ4n) is 8.00. The molecule has 6 aromatic rings. The maximum Gasteiger partial charge on any atom is 0.407 e. The van der Waals surface area contributed by atoms with Crippen LogP contribution < -0.4 is 31.8 Å². The van der Waals surface area contributed by atoms with E-state index in [0.717, 1.165) is 25.5 Å². The van der Waals surface area contributed by atoms with E-state index in [1.54, 1.807) is 54.3 Å². The smallest absolute Gasteiger partial charge is 0.407 e. The van der Waals surface area contributed by atoms with E-state index in [-0.39, 0.29) is 78.3 Å². The first-order valence-electron chi connectivity index (χ1n) is 18.0. The van der Waals surface area contributed by atoms with Gasteiger partial charge in [0.05, 0.1) is 16.9 Å². The summed E-state index contributed by atoms with van der Waals surface area (Å²) in [5, 5.41) is 6.47. The van der Waals surface area contributed by atoms with E-state index in [1.807, 2.05) is 0 Å². The molecule has 0 radical (unpaired) electrons. The summed E-state index contributed by atoms with van der Waals surface area (Å²) in [4.78, 5) is 71.7. The molecular formula is C40H40FN5O7. The molecular weight excluding hydrogens is 681 g/mol. The Bertz CT molecular complexity index is 2670. The molecule has 2 aliphatic rings. The van der Waals surface area contributed by atoms with Gasteiger partial charge in [-0.05, 0) is 78.2 Å². The first-order chi connectivity index (χ1) is 25.3. The molecule has 0 spiro atoms. The fourth-order valence-corrected chi connectivity index (χ4v) is 8.00. The predicted octanol–water partition coefficient (Wildman–Crippen LogP) is 5.12. The summed E-state index contributed by atoms with van der Waals surface area (Å²) in [6, 6.07) is 10.7. The molecule has 2 atom stereocenters. The van der Waals surface area contributed by atoms with E-state index in [4.69, 9.17) is 9.15 Å². The Morgan fingerprint density at radius 2 is 1.66 bits per heavy atom. The van der Waals surface area contributed by atoms with E-state index in [9.17, 15) is 24.0 Å². The number of ether oxygens (including phenoxy) is 1. The summed E-state index contributed by atoms with van der Waals surface area (Å²) in [5.41, 5.74) is -1.53. The van der Waals surface area contributed by atoms with Gasteiger partial charge in [0.15, 0.2) is 27.8 Å². The van der Waals surface area contributed by atoms with Crippen LogP contribution in [0.25, 0.3) is 49.1 Å². The third-order valence-corrected chi connectivity index (χ3v) is 10.6. The van der Waals surface area contributed by atoms with E-state index in [1.165, 1.54) is 18.3 Å². The van der Waals surface area contributed by atoms with Crippen molar-refractivity contribution < 1.29 is 23.1 Å². The number of carbonyl (C=O) groups excluding carboxylic acids is 2. The van der Waals surface area contributed by atoms with Gasteiger partial charge >= 0.3 is 6.09 Å². The second-order valence-electron chi connectivity index (χ2n) is 15.2. The van der Waals surface area contributed by atoms with Gasteiger partial charge < -0.3 is 34.0 Å². The first kappa shape index (κ1) is 34.5. The van der Waals surface area contributed by atoms with Gasteiger partial charge in [0.25, 0.3) is 5.91 Å². The molecule has 2 N–H and O–H groups in total. The lowest BCUT2D eigenvalue weighted by Crippen LogP contribution is -2.40. The highest BCUT2D eigenvalue weighted by molar-refractivity contribution is 6.08. The molecule has 4 heterocycles. The van der Waals surface area contributed by atoms with Crippen molar-refractivity contribution in [1.29, 1.82) is 0 Å². The van der Waals surface area contributed by atoms with Gasteiger partial charge in [0.1, 0.15) is 22.4 Å². The summed E-state index contributed by atoms with van der Waals surface area (Å²) in [7, 11) is 2.05. The van der Waals surface area contributed by atoms with Crippen LogP contribution in [0, 0.1) is 5.82 Å². The lowest BCUT2D eigenvalue weighted by molar-refractivity contribution is 0.0508. The Morgan fingerprint density at radius 1 is 0.943 bits per heavy atom. The molecule has 2 aliphatic heterocycles. The molecule has 0 aliphatic carbocycles. The molecule has 2 amide bonds. The topological polar surface area (TPSA) is 143 Å². The van der Waals surface area contributed by atoms with Crippen molar-refractivity contribution in [3.63, 3.8) is 0 Å². The van der Waals surface area contributed by atoms with Gasteiger partial charge in [-0.25, -0.2) is 9.18 Å². The van der Waals surface area contributed by atoms with Crippen molar-refractivity contribution in [3.05, 3.63) is 90.7 Å². The predicted molar refractivity (Wildman–Crippen MR) is 202 cm³/mol. The van der Waals surface area contributed by atoms with Gasteiger partial charge in [-0.15, -0.1) is 0 Å². The monoisotopic (exact) mass is 721 g/mol. The standard InChI is InChI=1S/C40H40FN5O7/c1-40(2,3)53-39(51)43-21-12-15-45(19-21)33-29(41)16-27-32-37(33)52-31-18-26-25(34(47)23-9-5-6-10-24(23)35(26)48)17-30(31)46(32)20-28(36(27)49)38(50)42-13-11-22-8-7-14-44(22)4/h5-6,9-10,16-18,20-22H,7-8,11-15,19H2,1-4H3,(H,42,50)(H,43,51). The second kappa shape index (κ2) is 12.8. The number of nitrogens with zero attached hydrogens (tertiary/aromatic N) is 3. The molecule has 12 nitrogen and oxygen atoms in total. The number of benzene rings is 4. The number of alkyl carbamates (subject to hydrolysis) is 1. The second-order valence-corrected chi connectivity index (χ2v) is 15.2. The number of rotatable bonds is 6. The summed E-state index contributed by atoms with van der Waals surface area (Å²) in [6.45, 7) is 7.21. The number of pyridine rings is 1. The maximum atomic E-state index is 16.5. The summed E-state index contributed by atoms with van der Waals surface area (Å²) >= 11 is 0. The quantitative estimate of drug-likeness (QED) is 0.177. The third kappa shape index (κ3) is 6.02. The molecule has 2 saturated heterocycles. The van der Waals surface area contributed by atoms with Crippen LogP contribution in [-0.2, 0) is 4.74 Å². The van der Waals surface area contributed by atoms with Crippen molar-refractivity contribution in [2.45, 2.75) is 64.1 Å². The van der Waals surface area contributed by atoms with Crippen LogP contribution in [0.3, 0.4) is 0 Å². The highest BCUT2D eigenvalue weighted by Crippen LogP contribution is 2.38. The molecule has 2 fully saturated rings. The fraction of sp³-hybridized carbons (Fsp3) is 0.375. The number of fused-ring (bicyclic) bond motifs is 4. The van der Waals surface area contributed by atoms with Crippen molar-refractivity contribution in [1.82, 2.24) is 19.9 Å². The van der Waals surface area contributed by atoms with Crippen LogP contribution in [0.15, 0.2) is 67.5 Å². The van der Waals surface area contributed by atoms with Crippen LogP contribution >= 0.6 is 0 Å². The SMILES string of the molecule is CN1CCCC1CCNC(=O)c1cn2c3cc4c(=O)c5ccccc5c(=O)c4cc3oc3c(N4CCC(NC(=O)OC(C)(C)C)C4)c(F)cc(c1=O)c32. The van der Waals surface area contributed by atoms with E-state index >= 15 is 4.39 Å². The molecule has 13 heteroatoms. The molecule has 53 heavy (non-hydrogen) atoms. The number of hydrogen-bond acceptors (Lipinski definition) is 9. The molecule has 2 aromatic heterocycles. The number of aromatic nitrogens is 1. The molecule has 2 unspecified atom stereocenters. The molecule has 8 rings (SSSR count). The van der Waals surface area contributed by atoms with Gasteiger partial charge in [-0.1, -0.05) is 24.3 Å². The Balaban J connectivity index is 1.30. The van der Waals surface area contributed by atoms with Gasteiger partial charge in [0, 0.05) is 53.4 Å². The minimum atomic E-state index is -0.752. The molecule has 274 valence electrons. The van der Waals surface area contributed by atoms with Crippen LogP contribution in [0.5, 0.6) is 0 Å². The molecule has 0 saturated carbocycles. The summed E-state index contributed by atoms with van der Waals surface area (Å²) in [5.74, 6) is -1.35. The lowest BCUT2D eigenvalue weighted by atomic mass is 10.0. The van der Waals surface area contributed by atoms with Crippen molar-refractivity contribution in [3.8, 4) is 0 Å². The average Bonchev–Trinajstić information content (AvgIpc) is 3.74. The molecule has 0 bridgehead atoms. The van der Waals surface area contributed by atoms with E-state index < -0.39 is 28.8 Å². The zero-order valence-electron chi connectivity index (χ0n) is 30.0. The minimum absolute atomic E-state index is 0.0219. The Morgan fingerprint density at radius 3 is 2.34 bits per heavy atom. The molecule has 4 aromatic carbocycles. The zero-order valence-corrected chi connectivity index (χ0v) is 30.0. The van der Waals surface area contributed by atoms with Crippen molar-refractivity contribution in [2.24, 2.45) is 0 Å². The highest BCUT2D eigenvalue weighted by Gasteiger charge is 2.32. The van der Waals surface area contributed by atoms with E-state index in [2.05, 4.69) is 22.6 Å².